The first-order valence-corrected chi connectivity index (χ1v) is 8.51. The fourth-order valence-corrected chi connectivity index (χ4v) is 3.44. The van der Waals surface area contributed by atoms with E-state index in [-0.39, 0.29) is 11.5 Å². The Morgan fingerprint density at radius 3 is 2.84 bits per heavy atom. The third-order valence-corrected chi connectivity index (χ3v) is 4.80. The van der Waals surface area contributed by atoms with Gasteiger partial charge in [0.2, 0.25) is 0 Å². The molecular formula is C19H20N4O2. The smallest absolute Gasteiger partial charge is 0.182 e. The summed E-state index contributed by atoms with van der Waals surface area (Å²) in [5.41, 5.74) is 3.61. The number of benzene rings is 1. The van der Waals surface area contributed by atoms with Crippen molar-refractivity contribution in [2.24, 2.45) is 5.92 Å². The normalized spacial score (nSPS) is 17.2. The van der Waals surface area contributed by atoms with Gasteiger partial charge in [-0.1, -0.05) is 0 Å². The minimum absolute atomic E-state index is 0.130. The van der Waals surface area contributed by atoms with Crippen molar-refractivity contribution in [3.63, 3.8) is 0 Å². The van der Waals surface area contributed by atoms with Crippen LogP contribution in [0.15, 0.2) is 30.3 Å². The van der Waals surface area contributed by atoms with Crippen molar-refractivity contribution in [1.29, 1.82) is 0 Å². The second-order valence-electron chi connectivity index (χ2n) is 6.64. The summed E-state index contributed by atoms with van der Waals surface area (Å²) < 4.78 is 0. The summed E-state index contributed by atoms with van der Waals surface area (Å²) in [5.74, 6) is 0.719. The van der Waals surface area contributed by atoms with Crippen LogP contribution in [0.3, 0.4) is 0 Å². The van der Waals surface area contributed by atoms with Gasteiger partial charge in [0.1, 0.15) is 5.75 Å². The minimum atomic E-state index is 0.130. The van der Waals surface area contributed by atoms with Crippen LogP contribution in [0.1, 0.15) is 28.9 Å². The van der Waals surface area contributed by atoms with Gasteiger partial charge in [-0.3, -0.25) is 9.89 Å². The fraction of sp³-hybridized carbons (Fsp3) is 0.316. The van der Waals surface area contributed by atoms with Gasteiger partial charge >= 0.3 is 0 Å². The molecule has 1 aliphatic rings. The van der Waals surface area contributed by atoms with Gasteiger partial charge in [0, 0.05) is 23.2 Å². The highest BCUT2D eigenvalue weighted by Crippen LogP contribution is 2.28. The van der Waals surface area contributed by atoms with Crippen LogP contribution in [0.2, 0.25) is 0 Å². The first-order chi connectivity index (χ1) is 12.1. The number of hydrogen-bond donors (Lipinski definition) is 3. The number of nitrogens with one attached hydrogen (secondary N) is 2. The Kier molecular flexibility index (Phi) is 3.97. The molecule has 1 unspecified atom stereocenters. The summed E-state index contributed by atoms with van der Waals surface area (Å²) in [6.07, 6.45) is 1.57. The Morgan fingerprint density at radius 1 is 1.32 bits per heavy atom. The number of aromatic amines is 1. The maximum absolute atomic E-state index is 13.0. The third kappa shape index (κ3) is 3.00. The molecule has 3 aromatic rings. The third-order valence-electron chi connectivity index (χ3n) is 4.80. The molecule has 1 atom stereocenters. The lowest BCUT2D eigenvalue weighted by Crippen LogP contribution is -2.13. The number of carbonyl (C=O) groups excluding carboxylic acids is 1. The number of fused-ring (bicyclic) bond motifs is 1. The van der Waals surface area contributed by atoms with Crippen LogP contribution in [0, 0.1) is 12.8 Å². The molecule has 0 aliphatic carbocycles. The van der Waals surface area contributed by atoms with Crippen LogP contribution in [-0.2, 0) is 0 Å². The van der Waals surface area contributed by atoms with Gasteiger partial charge in [-0.15, -0.1) is 0 Å². The van der Waals surface area contributed by atoms with Gasteiger partial charge in [0.05, 0.1) is 11.1 Å². The Balaban J connectivity index is 1.78. The lowest BCUT2D eigenvalue weighted by atomic mass is 9.95. The highest BCUT2D eigenvalue weighted by atomic mass is 16.3. The van der Waals surface area contributed by atoms with Gasteiger partial charge < -0.3 is 10.4 Å². The summed E-state index contributed by atoms with van der Waals surface area (Å²) in [5, 5.41) is 20.8. The summed E-state index contributed by atoms with van der Waals surface area (Å²) in [6, 6.07) is 8.66. The Hall–Kier alpha value is -2.73. The van der Waals surface area contributed by atoms with Crippen LogP contribution < -0.4 is 5.32 Å². The fourth-order valence-electron chi connectivity index (χ4n) is 3.44. The van der Waals surface area contributed by atoms with Crippen molar-refractivity contribution in [2.75, 3.05) is 13.1 Å². The molecule has 6 nitrogen and oxygen atoms in total. The first-order valence-electron chi connectivity index (χ1n) is 8.51. The second kappa shape index (κ2) is 6.29. The van der Waals surface area contributed by atoms with E-state index in [0.717, 1.165) is 36.2 Å². The molecule has 128 valence electrons. The SMILES string of the molecule is Cc1[nH]nc2nc(-c3ccc(O)cc3)cc(C(=O)CC3CCNC3)c12. The lowest BCUT2D eigenvalue weighted by Gasteiger charge is -2.10. The number of aromatic nitrogens is 3. The average Bonchev–Trinajstić information content (AvgIpc) is 3.25. The topological polar surface area (TPSA) is 90.9 Å². The maximum atomic E-state index is 13.0. The molecule has 0 amide bonds. The van der Waals surface area contributed by atoms with E-state index in [9.17, 15) is 9.90 Å². The predicted octanol–water partition coefficient (Wildman–Crippen LogP) is 2.82. The number of H-pyrrole nitrogens is 1. The van der Waals surface area contributed by atoms with Gasteiger partial charge in [0.25, 0.3) is 0 Å². The number of hydrogen-bond acceptors (Lipinski definition) is 5. The van der Waals surface area contributed by atoms with E-state index in [2.05, 4.69) is 20.5 Å². The van der Waals surface area contributed by atoms with Gasteiger partial charge in [0.15, 0.2) is 11.4 Å². The Labute approximate surface area is 145 Å². The molecule has 0 radical (unpaired) electrons. The van der Waals surface area contributed by atoms with E-state index in [1.54, 1.807) is 24.3 Å². The molecule has 1 saturated heterocycles. The number of rotatable bonds is 4. The van der Waals surface area contributed by atoms with Crippen molar-refractivity contribution in [2.45, 2.75) is 19.8 Å². The van der Waals surface area contributed by atoms with Crippen LogP contribution in [0.5, 0.6) is 5.75 Å². The molecule has 1 fully saturated rings. The molecule has 0 spiro atoms. The molecule has 0 saturated carbocycles. The molecule has 25 heavy (non-hydrogen) atoms. The van der Waals surface area contributed by atoms with Crippen molar-refractivity contribution in [3.8, 4) is 17.0 Å². The molecule has 4 rings (SSSR count). The van der Waals surface area contributed by atoms with Crippen LogP contribution in [0.25, 0.3) is 22.3 Å². The van der Waals surface area contributed by atoms with Crippen LogP contribution >= 0.6 is 0 Å². The molecule has 0 bridgehead atoms. The highest BCUT2D eigenvalue weighted by Gasteiger charge is 2.23. The van der Waals surface area contributed by atoms with Crippen molar-refractivity contribution >= 4 is 16.8 Å². The zero-order valence-corrected chi connectivity index (χ0v) is 14.0. The summed E-state index contributed by atoms with van der Waals surface area (Å²) in [4.78, 5) is 17.5. The second-order valence-corrected chi connectivity index (χ2v) is 6.64. The standard InChI is InChI=1S/C19H20N4O2/c1-11-18-15(17(25)8-12-6-7-20-10-12)9-16(21-19(18)23-22-11)13-2-4-14(24)5-3-13/h2-5,9,12,20,24H,6-8,10H2,1H3,(H,21,22,23). The molecule has 1 aromatic carbocycles. The van der Waals surface area contributed by atoms with Crippen molar-refractivity contribution in [3.05, 3.63) is 41.6 Å². The summed E-state index contributed by atoms with van der Waals surface area (Å²) in [7, 11) is 0. The molecule has 2 aromatic heterocycles. The van der Waals surface area contributed by atoms with Gasteiger partial charge in [-0.2, -0.15) is 5.10 Å². The van der Waals surface area contributed by atoms with Gasteiger partial charge in [-0.25, -0.2) is 4.98 Å². The maximum Gasteiger partial charge on any atom is 0.182 e. The molecule has 6 heteroatoms. The number of aryl methyl sites for hydroxylation is 1. The van der Waals surface area contributed by atoms with E-state index in [4.69, 9.17) is 0 Å². The van der Waals surface area contributed by atoms with E-state index in [1.165, 1.54) is 0 Å². The van der Waals surface area contributed by atoms with Crippen LogP contribution in [0.4, 0.5) is 0 Å². The van der Waals surface area contributed by atoms with Crippen molar-refractivity contribution < 1.29 is 9.90 Å². The average molecular weight is 336 g/mol. The van der Waals surface area contributed by atoms with Crippen molar-refractivity contribution in [1.82, 2.24) is 20.5 Å². The highest BCUT2D eigenvalue weighted by molar-refractivity contribution is 6.08. The largest absolute Gasteiger partial charge is 0.508 e. The number of phenolic OH excluding ortho intramolecular Hbond substituents is 1. The monoisotopic (exact) mass is 336 g/mol. The Morgan fingerprint density at radius 2 is 2.12 bits per heavy atom. The zero-order chi connectivity index (χ0) is 17.4. The zero-order valence-electron chi connectivity index (χ0n) is 14.0. The number of phenols is 1. The number of carbonyl (C=O) groups is 1. The summed E-state index contributed by atoms with van der Waals surface area (Å²) in [6.45, 7) is 3.79. The number of nitrogens with zero attached hydrogens (tertiary/aromatic N) is 2. The molecule has 1 aliphatic heterocycles. The van der Waals surface area contributed by atoms with E-state index in [0.29, 0.717) is 29.2 Å². The minimum Gasteiger partial charge on any atom is -0.508 e. The number of ketones is 1. The first kappa shape index (κ1) is 15.8. The van der Waals surface area contributed by atoms with E-state index in [1.807, 2.05) is 13.0 Å². The van der Waals surface area contributed by atoms with Crippen LogP contribution in [-0.4, -0.2) is 39.2 Å². The Bertz CT molecular complexity index is 924. The number of Topliss-reactive ketones (excluding diaryl/α,β-unsaturated/α-hetero) is 1. The number of aromatic hydroxyl groups is 1. The number of pyridine rings is 1. The van der Waals surface area contributed by atoms with E-state index >= 15 is 0 Å². The molecule has 3 N–H and O–H groups in total. The van der Waals surface area contributed by atoms with Gasteiger partial charge in [-0.05, 0) is 62.7 Å². The molecule has 3 heterocycles. The lowest BCUT2D eigenvalue weighted by molar-refractivity contribution is 0.0966. The predicted molar refractivity (Wildman–Crippen MR) is 95.7 cm³/mol. The quantitative estimate of drug-likeness (QED) is 0.637. The molecular weight excluding hydrogens is 316 g/mol. The summed E-state index contributed by atoms with van der Waals surface area (Å²) >= 11 is 0. The van der Waals surface area contributed by atoms with E-state index < -0.39 is 0 Å².